The van der Waals surface area contributed by atoms with E-state index in [0.29, 0.717) is 28.6 Å². The van der Waals surface area contributed by atoms with Crippen molar-refractivity contribution in [2.45, 2.75) is 13.5 Å². The first-order valence-electron chi connectivity index (χ1n) is 6.32. The fourth-order valence-corrected chi connectivity index (χ4v) is 2.69. The maximum absolute atomic E-state index is 14.1. The molecule has 1 heterocycles. The molecule has 0 saturated carbocycles. The molecule has 2 N–H and O–H groups in total. The Hall–Kier alpha value is -2.07. The van der Waals surface area contributed by atoms with Crippen LogP contribution in [0.1, 0.15) is 6.92 Å². The van der Waals surface area contributed by atoms with Gasteiger partial charge in [-0.2, -0.15) is 0 Å². The summed E-state index contributed by atoms with van der Waals surface area (Å²) in [6.45, 7) is 2.59. The summed E-state index contributed by atoms with van der Waals surface area (Å²) in [7, 11) is 0. The van der Waals surface area contributed by atoms with Gasteiger partial charge in [-0.15, -0.1) is 0 Å². The van der Waals surface area contributed by atoms with Crippen molar-refractivity contribution in [2.75, 3.05) is 5.73 Å². The third-order valence-corrected chi connectivity index (χ3v) is 3.61. The van der Waals surface area contributed by atoms with Crippen LogP contribution in [0.3, 0.4) is 0 Å². The SMILES string of the molecule is CCn1c(-c2c(N)cccc2F)nc2cccc(Cl)c21. The number of imidazole rings is 1. The molecule has 0 atom stereocenters. The highest BCUT2D eigenvalue weighted by Gasteiger charge is 2.18. The molecule has 102 valence electrons. The van der Waals surface area contributed by atoms with Gasteiger partial charge in [0.1, 0.15) is 11.6 Å². The lowest BCUT2D eigenvalue weighted by molar-refractivity contribution is 0.628. The molecular formula is C15H13ClFN3. The molecule has 20 heavy (non-hydrogen) atoms. The molecule has 0 bridgehead atoms. The highest BCUT2D eigenvalue weighted by Crippen LogP contribution is 2.33. The lowest BCUT2D eigenvalue weighted by Gasteiger charge is -2.09. The van der Waals surface area contributed by atoms with Crippen LogP contribution in [0, 0.1) is 5.82 Å². The minimum absolute atomic E-state index is 0.321. The lowest BCUT2D eigenvalue weighted by Crippen LogP contribution is -2.02. The van der Waals surface area contributed by atoms with Gasteiger partial charge >= 0.3 is 0 Å². The second kappa shape index (κ2) is 4.80. The number of anilines is 1. The van der Waals surface area contributed by atoms with Gasteiger partial charge in [0.2, 0.25) is 0 Å². The van der Waals surface area contributed by atoms with E-state index in [0.717, 1.165) is 11.0 Å². The van der Waals surface area contributed by atoms with Gasteiger partial charge in [-0.3, -0.25) is 0 Å². The van der Waals surface area contributed by atoms with Gasteiger partial charge in [0.15, 0.2) is 0 Å². The number of aryl methyl sites for hydroxylation is 1. The van der Waals surface area contributed by atoms with Crippen molar-refractivity contribution in [3.05, 3.63) is 47.2 Å². The number of benzene rings is 2. The summed E-state index contributed by atoms with van der Waals surface area (Å²) < 4.78 is 16.0. The number of rotatable bonds is 2. The van der Waals surface area contributed by atoms with Gasteiger partial charge in [-0.25, -0.2) is 9.37 Å². The van der Waals surface area contributed by atoms with Crippen LogP contribution in [0.5, 0.6) is 0 Å². The molecule has 3 nitrogen and oxygen atoms in total. The average Bonchev–Trinajstić information content (AvgIpc) is 2.78. The summed E-state index contributed by atoms with van der Waals surface area (Å²) in [6.07, 6.45) is 0. The molecule has 0 amide bonds. The summed E-state index contributed by atoms with van der Waals surface area (Å²) in [5.41, 5.74) is 8.13. The minimum atomic E-state index is -0.383. The second-order valence-corrected chi connectivity index (χ2v) is 4.90. The predicted octanol–water partition coefficient (Wildman–Crippen LogP) is 4.10. The highest BCUT2D eigenvalue weighted by molar-refractivity contribution is 6.35. The summed E-state index contributed by atoms with van der Waals surface area (Å²) >= 11 is 6.24. The zero-order valence-corrected chi connectivity index (χ0v) is 11.7. The number of fused-ring (bicyclic) bond motifs is 1. The summed E-state index contributed by atoms with van der Waals surface area (Å²) in [5, 5.41) is 0.595. The zero-order chi connectivity index (χ0) is 14.3. The van der Waals surface area contributed by atoms with E-state index in [1.807, 2.05) is 23.6 Å². The number of nitrogens with zero attached hydrogens (tertiary/aromatic N) is 2. The summed E-state index contributed by atoms with van der Waals surface area (Å²) in [6, 6.07) is 10.1. The zero-order valence-electron chi connectivity index (χ0n) is 10.9. The van der Waals surface area contributed by atoms with Gasteiger partial charge < -0.3 is 10.3 Å². The van der Waals surface area contributed by atoms with Gasteiger partial charge in [-0.1, -0.05) is 23.7 Å². The number of aromatic nitrogens is 2. The molecule has 0 aliphatic heterocycles. The van der Waals surface area contributed by atoms with Crippen molar-refractivity contribution in [1.29, 1.82) is 0 Å². The predicted molar refractivity (Wildman–Crippen MR) is 80.2 cm³/mol. The minimum Gasteiger partial charge on any atom is -0.398 e. The Bertz CT molecular complexity index is 775. The van der Waals surface area contributed by atoms with Crippen molar-refractivity contribution in [3.63, 3.8) is 0 Å². The van der Waals surface area contributed by atoms with E-state index in [4.69, 9.17) is 17.3 Å². The fourth-order valence-electron chi connectivity index (χ4n) is 2.42. The van der Waals surface area contributed by atoms with E-state index in [1.54, 1.807) is 18.2 Å². The third kappa shape index (κ3) is 1.84. The molecule has 1 aromatic heterocycles. The molecule has 2 aromatic carbocycles. The Morgan fingerprint density at radius 1 is 1.25 bits per heavy atom. The maximum atomic E-state index is 14.1. The lowest BCUT2D eigenvalue weighted by atomic mass is 10.1. The van der Waals surface area contributed by atoms with Crippen molar-refractivity contribution in [2.24, 2.45) is 0 Å². The molecule has 0 radical (unpaired) electrons. The van der Waals surface area contributed by atoms with Crippen LogP contribution in [0.2, 0.25) is 5.02 Å². The average molecular weight is 290 g/mol. The van der Waals surface area contributed by atoms with Crippen LogP contribution in [0.15, 0.2) is 36.4 Å². The number of hydrogen-bond donors (Lipinski definition) is 1. The van der Waals surface area contributed by atoms with E-state index >= 15 is 0 Å². The Labute approximate surface area is 120 Å². The monoisotopic (exact) mass is 289 g/mol. The van der Waals surface area contributed by atoms with Crippen LogP contribution in [0.4, 0.5) is 10.1 Å². The fraction of sp³-hybridized carbons (Fsp3) is 0.133. The van der Waals surface area contributed by atoms with Crippen LogP contribution >= 0.6 is 11.6 Å². The van der Waals surface area contributed by atoms with Gasteiger partial charge in [0.25, 0.3) is 0 Å². The molecule has 0 unspecified atom stereocenters. The Morgan fingerprint density at radius 3 is 2.70 bits per heavy atom. The topological polar surface area (TPSA) is 43.8 Å². The molecule has 0 fully saturated rings. The molecular weight excluding hydrogens is 277 g/mol. The van der Waals surface area contributed by atoms with Gasteiger partial charge in [0, 0.05) is 12.2 Å². The maximum Gasteiger partial charge on any atom is 0.146 e. The first-order valence-corrected chi connectivity index (χ1v) is 6.70. The smallest absolute Gasteiger partial charge is 0.146 e. The first kappa shape index (κ1) is 12.9. The molecule has 0 spiro atoms. The standard InChI is InChI=1S/C15H13ClFN3/c1-2-20-14-9(16)5-3-8-12(14)19-15(20)13-10(17)6-4-7-11(13)18/h3-8H,2,18H2,1H3. The van der Waals surface area contributed by atoms with Gasteiger partial charge in [-0.05, 0) is 31.2 Å². The van der Waals surface area contributed by atoms with Crippen LogP contribution < -0.4 is 5.73 Å². The molecule has 0 saturated heterocycles. The Kier molecular flexibility index (Phi) is 3.10. The number of nitrogens with two attached hydrogens (primary N) is 1. The van der Waals surface area contributed by atoms with E-state index in [9.17, 15) is 4.39 Å². The summed E-state index contributed by atoms with van der Waals surface area (Å²) in [5.74, 6) is 0.123. The third-order valence-electron chi connectivity index (χ3n) is 3.30. The molecule has 5 heteroatoms. The number of halogens is 2. The van der Waals surface area contributed by atoms with Crippen molar-refractivity contribution in [1.82, 2.24) is 9.55 Å². The van der Waals surface area contributed by atoms with E-state index in [-0.39, 0.29) is 5.82 Å². The number of nitrogen functional groups attached to an aromatic ring is 1. The van der Waals surface area contributed by atoms with Gasteiger partial charge in [0.05, 0.1) is 21.6 Å². The van der Waals surface area contributed by atoms with E-state index < -0.39 is 0 Å². The highest BCUT2D eigenvalue weighted by atomic mass is 35.5. The summed E-state index contributed by atoms with van der Waals surface area (Å²) in [4.78, 5) is 4.49. The van der Waals surface area contributed by atoms with Crippen molar-refractivity contribution >= 4 is 28.3 Å². The van der Waals surface area contributed by atoms with Crippen LogP contribution in [-0.2, 0) is 6.54 Å². The normalized spacial score (nSPS) is 11.2. The van der Waals surface area contributed by atoms with Crippen molar-refractivity contribution in [3.8, 4) is 11.4 Å². The molecule has 0 aliphatic carbocycles. The van der Waals surface area contributed by atoms with E-state index in [2.05, 4.69) is 4.98 Å². The number of hydrogen-bond acceptors (Lipinski definition) is 2. The number of para-hydroxylation sites is 1. The largest absolute Gasteiger partial charge is 0.398 e. The Morgan fingerprint density at radius 2 is 2.00 bits per heavy atom. The first-order chi connectivity index (χ1) is 9.63. The van der Waals surface area contributed by atoms with Crippen LogP contribution in [0.25, 0.3) is 22.4 Å². The molecule has 3 rings (SSSR count). The second-order valence-electron chi connectivity index (χ2n) is 4.49. The van der Waals surface area contributed by atoms with Crippen LogP contribution in [-0.4, -0.2) is 9.55 Å². The molecule has 0 aliphatic rings. The van der Waals surface area contributed by atoms with E-state index in [1.165, 1.54) is 6.07 Å². The quantitative estimate of drug-likeness (QED) is 0.722. The Balaban J connectivity index is 2.40. The molecule has 3 aromatic rings. The van der Waals surface area contributed by atoms with Crippen molar-refractivity contribution < 1.29 is 4.39 Å².